The molecule has 1 N–H and O–H groups in total. The molecule has 7 heteroatoms. The highest BCUT2D eigenvalue weighted by Gasteiger charge is 2.22. The summed E-state index contributed by atoms with van der Waals surface area (Å²) >= 11 is 0. The summed E-state index contributed by atoms with van der Waals surface area (Å²) in [5, 5.41) is 19.4. The Morgan fingerprint density at radius 1 is 1.35 bits per heavy atom. The fraction of sp³-hybridized carbons (Fsp3) is 0.300. The highest BCUT2D eigenvalue weighted by atomic mass is 35.5. The number of hydrogen-bond acceptors (Lipinski definition) is 4. The van der Waals surface area contributed by atoms with Gasteiger partial charge in [-0.1, -0.05) is 12.1 Å². The third-order valence-corrected chi connectivity index (χ3v) is 2.17. The molecule has 0 aliphatic heterocycles. The molecule has 94 valence electrons. The van der Waals surface area contributed by atoms with E-state index in [0.29, 0.717) is 5.56 Å². The molecule has 0 heterocycles. The molecule has 0 radical (unpaired) electrons. The van der Waals surface area contributed by atoms with Gasteiger partial charge in [0.05, 0.1) is 4.92 Å². The number of hydrogen-bond donors (Lipinski definition) is 1. The van der Waals surface area contributed by atoms with Crippen LogP contribution in [0.3, 0.4) is 0 Å². The second-order valence-electron chi connectivity index (χ2n) is 3.55. The van der Waals surface area contributed by atoms with Gasteiger partial charge in [0.25, 0.3) is 5.69 Å². The molecule has 6 nitrogen and oxygen atoms in total. The lowest BCUT2D eigenvalue weighted by molar-refractivity contribution is -0.384. The van der Waals surface area contributed by atoms with E-state index in [1.165, 1.54) is 29.2 Å². The predicted octanol–water partition coefficient (Wildman–Crippen LogP) is 1.70. The topological polar surface area (TPSA) is 83.7 Å². The SMILES string of the molecule is CN(C)C(C(=O)O)c1ccc([N+](=O)[O-])cc1.Cl. The van der Waals surface area contributed by atoms with E-state index >= 15 is 0 Å². The number of carboxylic acid groups (broad SMARTS) is 1. The average molecular weight is 261 g/mol. The Hall–Kier alpha value is -1.66. The number of benzene rings is 1. The first-order valence-electron chi connectivity index (χ1n) is 4.57. The summed E-state index contributed by atoms with van der Waals surface area (Å²) in [5.41, 5.74) is 0.467. The summed E-state index contributed by atoms with van der Waals surface area (Å²) in [4.78, 5) is 22.4. The summed E-state index contributed by atoms with van der Waals surface area (Å²) in [6, 6.07) is 4.72. The summed E-state index contributed by atoms with van der Waals surface area (Å²) in [6.45, 7) is 0. The van der Waals surface area contributed by atoms with Crippen molar-refractivity contribution in [3.05, 3.63) is 39.9 Å². The standard InChI is InChI=1S/C10H12N2O4.ClH/c1-11(2)9(10(13)14)7-3-5-8(6-4-7)12(15)16;/h3-6,9H,1-2H3,(H,13,14);1H. The molecular weight excluding hydrogens is 248 g/mol. The number of rotatable bonds is 4. The van der Waals surface area contributed by atoms with E-state index in [4.69, 9.17) is 5.11 Å². The fourth-order valence-electron chi connectivity index (χ4n) is 1.44. The number of aliphatic carboxylic acids is 1. The van der Waals surface area contributed by atoms with Gasteiger partial charge in [-0.3, -0.25) is 19.8 Å². The summed E-state index contributed by atoms with van der Waals surface area (Å²) < 4.78 is 0. The van der Waals surface area contributed by atoms with Crippen molar-refractivity contribution in [2.45, 2.75) is 6.04 Å². The Kier molecular flexibility index (Phi) is 5.57. The lowest BCUT2D eigenvalue weighted by atomic mass is 10.1. The molecular formula is C10H13ClN2O4. The number of likely N-dealkylation sites (N-methyl/N-ethyl adjacent to an activating group) is 1. The normalized spacial score (nSPS) is 11.7. The molecule has 0 aliphatic rings. The van der Waals surface area contributed by atoms with Crippen LogP contribution in [0.1, 0.15) is 11.6 Å². The third-order valence-electron chi connectivity index (χ3n) is 2.17. The van der Waals surface area contributed by atoms with Crippen LogP contribution in [0.5, 0.6) is 0 Å². The minimum absolute atomic E-state index is 0. The molecule has 0 bridgehead atoms. The number of nitro benzene ring substituents is 1. The van der Waals surface area contributed by atoms with E-state index in [1.54, 1.807) is 14.1 Å². The molecule has 1 aromatic rings. The molecule has 0 saturated carbocycles. The van der Waals surface area contributed by atoms with Crippen LogP contribution in [0.4, 0.5) is 5.69 Å². The number of nitro groups is 1. The Morgan fingerprint density at radius 3 is 2.12 bits per heavy atom. The molecule has 0 aromatic heterocycles. The number of carbonyl (C=O) groups is 1. The Labute approximate surface area is 104 Å². The molecule has 0 spiro atoms. The molecule has 17 heavy (non-hydrogen) atoms. The van der Waals surface area contributed by atoms with Crippen molar-refractivity contribution >= 4 is 24.1 Å². The van der Waals surface area contributed by atoms with Crippen LogP contribution < -0.4 is 0 Å². The second kappa shape index (κ2) is 6.17. The zero-order valence-corrected chi connectivity index (χ0v) is 10.2. The highest BCUT2D eigenvalue weighted by molar-refractivity contribution is 5.85. The highest BCUT2D eigenvalue weighted by Crippen LogP contribution is 2.21. The molecule has 0 saturated heterocycles. The molecule has 1 rings (SSSR count). The molecule has 1 atom stereocenters. The van der Waals surface area contributed by atoms with Crippen molar-refractivity contribution in [1.82, 2.24) is 4.90 Å². The molecule has 0 amide bonds. The number of nitrogens with zero attached hydrogens (tertiary/aromatic N) is 2. The number of carboxylic acids is 1. The van der Waals surface area contributed by atoms with Crippen molar-refractivity contribution < 1.29 is 14.8 Å². The Balaban J connectivity index is 0.00000256. The monoisotopic (exact) mass is 260 g/mol. The average Bonchev–Trinajstić information content (AvgIpc) is 2.17. The smallest absolute Gasteiger partial charge is 0.325 e. The molecule has 1 unspecified atom stereocenters. The zero-order valence-electron chi connectivity index (χ0n) is 9.36. The van der Waals surface area contributed by atoms with Gasteiger partial charge in [-0.25, -0.2) is 0 Å². The first-order valence-corrected chi connectivity index (χ1v) is 4.57. The van der Waals surface area contributed by atoms with Gasteiger partial charge in [0.1, 0.15) is 6.04 Å². The van der Waals surface area contributed by atoms with Gasteiger partial charge in [-0.2, -0.15) is 0 Å². The van der Waals surface area contributed by atoms with Crippen molar-refractivity contribution in [1.29, 1.82) is 0 Å². The van der Waals surface area contributed by atoms with Gasteiger partial charge in [0.15, 0.2) is 0 Å². The first kappa shape index (κ1) is 15.3. The van der Waals surface area contributed by atoms with E-state index in [-0.39, 0.29) is 18.1 Å². The van der Waals surface area contributed by atoms with Crippen LogP contribution in [-0.4, -0.2) is 35.0 Å². The summed E-state index contributed by atoms with van der Waals surface area (Å²) in [7, 11) is 3.28. The van der Waals surface area contributed by atoms with E-state index in [1.807, 2.05) is 0 Å². The minimum Gasteiger partial charge on any atom is -0.480 e. The number of non-ortho nitro benzene ring substituents is 1. The van der Waals surface area contributed by atoms with Crippen LogP contribution in [0.2, 0.25) is 0 Å². The lowest BCUT2D eigenvalue weighted by Crippen LogP contribution is -2.27. The Bertz CT molecular complexity index is 405. The number of halogens is 1. The largest absolute Gasteiger partial charge is 0.480 e. The van der Waals surface area contributed by atoms with Crippen LogP contribution in [0.25, 0.3) is 0 Å². The van der Waals surface area contributed by atoms with Gasteiger partial charge >= 0.3 is 5.97 Å². The van der Waals surface area contributed by atoms with Crippen molar-refractivity contribution in [2.75, 3.05) is 14.1 Å². The molecule has 0 fully saturated rings. The minimum atomic E-state index is -0.987. The van der Waals surface area contributed by atoms with E-state index in [9.17, 15) is 14.9 Å². The van der Waals surface area contributed by atoms with Gasteiger partial charge in [-0.05, 0) is 19.7 Å². The van der Waals surface area contributed by atoms with Crippen molar-refractivity contribution in [2.24, 2.45) is 0 Å². The second-order valence-corrected chi connectivity index (χ2v) is 3.55. The summed E-state index contributed by atoms with van der Waals surface area (Å²) in [5.74, 6) is -0.987. The van der Waals surface area contributed by atoms with Gasteiger partial charge in [0.2, 0.25) is 0 Å². The third kappa shape index (κ3) is 3.69. The van der Waals surface area contributed by atoms with Crippen LogP contribution in [0, 0.1) is 10.1 Å². The quantitative estimate of drug-likeness (QED) is 0.658. The first-order chi connectivity index (χ1) is 7.43. The maximum Gasteiger partial charge on any atom is 0.325 e. The van der Waals surface area contributed by atoms with Gasteiger partial charge in [-0.15, -0.1) is 12.4 Å². The molecule has 1 aromatic carbocycles. The van der Waals surface area contributed by atoms with E-state index in [0.717, 1.165) is 0 Å². The zero-order chi connectivity index (χ0) is 12.3. The summed E-state index contributed by atoms with van der Waals surface area (Å²) in [6.07, 6.45) is 0. The van der Waals surface area contributed by atoms with Gasteiger partial charge in [0, 0.05) is 12.1 Å². The predicted molar refractivity (Wildman–Crippen MR) is 64.4 cm³/mol. The van der Waals surface area contributed by atoms with Crippen LogP contribution >= 0.6 is 12.4 Å². The lowest BCUT2D eigenvalue weighted by Gasteiger charge is -2.19. The Morgan fingerprint density at radius 2 is 1.82 bits per heavy atom. The van der Waals surface area contributed by atoms with E-state index < -0.39 is 16.9 Å². The maximum absolute atomic E-state index is 11.0. The van der Waals surface area contributed by atoms with Crippen molar-refractivity contribution in [3.63, 3.8) is 0 Å². The van der Waals surface area contributed by atoms with Crippen LogP contribution in [-0.2, 0) is 4.79 Å². The van der Waals surface area contributed by atoms with Gasteiger partial charge < -0.3 is 5.11 Å². The maximum atomic E-state index is 11.0. The van der Waals surface area contributed by atoms with Crippen LogP contribution in [0.15, 0.2) is 24.3 Å². The van der Waals surface area contributed by atoms with E-state index in [2.05, 4.69) is 0 Å². The molecule has 0 aliphatic carbocycles. The fourth-order valence-corrected chi connectivity index (χ4v) is 1.44. The van der Waals surface area contributed by atoms with Crippen molar-refractivity contribution in [3.8, 4) is 0 Å².